The first kappa shape index (κ1) is 17.5. The van der Waals surface area contributed by atoms with Gasteiger partial charge in [-0.25, -0.2) is 4.79 Å². The van der Waals surface area contributed by atoms with E-state index in [9.17, 15) is 9.59 Å². The van der Waals surface area contributed by atoms with Gasteiger partial charge >= 0.3 is 5.97 Å². The third kappa shape index (κ3) is 4.59. The number of hydrogen-bond donors (Lipinski definition) is 1. The highest BCUT2D eigenvalue weighted by molar-refractivity contribution is 5.95. The number of nitrogens with one attached hydrogen (secondary N) is 1. The standard InChI is InChI=1S/C19H21NO4/c1-4-24-16-8-5-14(6-9-16)12-18(21)20-17-10-7-15(11-13(17)2)19(22)23-3/h5-11H,4,12H2,1-3H3,(H,20,21). The summed E-state index contributed by atoms with van der Waals surface area (Å²) in [6.07, 6.45) is 0.268. The van der Waals surface area contributed by atoms with Crippen LogP contribution in [0.2, 0.25) is 0 Å². The quantitative estimate of drug-likeness (QED) is 0.826. The van der Waals surface area contributed by atoms with E-state index < -0.39 is 5.97 Å². The molecule has 0 unspecified atom stereocenters. The normalized spacial score (nSPS) is 10.1. The number of anilines is 1. The minimum atomic E-state index is -0.398. The molecule has 126 valence electrons. The lowest BCUT2D eigenvalue weighted by Crippen LogP contribution is -2.15. The molecule has 0 aliphatic heterocycles. The van der Waals surface area contributed by atoms with Crippen LogP contribution in [0.5, 0.6) is 5.75 Å². The molecule has 5 heteroatoms. The predicted octanol–water partition coefficient (Wildman–Crippen LogP) is 3.36. The molecule has 0 heterocycles. The molecule has 2 aromatic rings. The lowest BCUT2D eigenvalue weighted by Gasteiger charge is -2.10. The highest BCUT2D eigenvalue weighted by atomic mass is 16.5. The molecule has 24 heavy (non-hydrogen) atoms. The van der Waals surface area contributed by atoms with Crippen molar-refractivity contribution >= 4 is 17.6 Å². The van der Waals surface area contributed by atoms with Gasteiger partial charge in [0.25, 0.3) is 0 Å². The lowest BCUT2D eigenvalue weighted by molar-refractivity contribution is -0.115. The Morgan fingerprint density at radius 3 is 2.38 bits per heavy atom. The summed E-state index contributed by atoms with van der Waals surface area (Å²) in [5.41, 5.74) is 2.84. The van der Waals surface area contributed by atoms with Gasteiger partial charge in [0, 0.05) is 5.69 Å². The van der Waals surface area contributed by atoms with Crippen molar-refractivity contribution in [3.05, 3.63) is 59.2 Å². The summed E-state index contributed by atoms with van der Waals surface area (Å²) >= 11 is 0. The molecule has 1 N–H and O–H groups in total. The van der Waals surface area contributed by atoms with Crippen molar-refractivity contribution in [1.29, 1.82) is 0 Å². The van der Waals surface area contributed by atoms with Crippen LogP contribution in [0.15, 0.2) is 42.5 Å². The molecule has 0 aliphatic carbocycles. The van der Waals surface area contributed by atoms with E-state index >= 15 is 0 Å². The number of rotatable bonds is 6. The molecule has 5 nitrogen and oxygen atoms in total. The monoisotopic (exact) mass is 327 g/mol. The molecule has 1 amide bonds. The summed E-state index contributed by atoms with van der Waals surface area (Å²) in [5.74, 6) is 0.273. The third-order valence-electron chi connectivity index (χ3n) is 3.52. The van der Waals surface area contributed by atoms with Crippen LogP contribution >= 0.6 is 0 Å². The predicted molar refractivity (Wildman–Crippen MR) is 92.5 cm³/mol. The van der Waals surface area contributed by atoms with Crippen molar-refractivity contribution < 1.29 is 19.1 Å². The van der Waals surface area contributed by atoms with Crippen LogP contribution in [0, 0.1) is 6.92 Å². The molecule has 0 aliphatic rings. The zero-order valence-electron chi connectivity index (χ0n) is 14.1. The van der Waals surface area contributed by atoms with Gasteiger partial charge in [0.2, 0.25) is 5.91 Å². The Bertz CT molecular complexity index is 723. The third-order valence-corrected chi connectivity index (χ3v) is 3.52. The Labute approximate surface area is 141 Å². The molecule has 0 saturated carbocycles. The van der Waals surface area contributed by atoms with E-state index in [0.717, 1.165) is 16.9 Å². The van der Waals surface area contributed by atoms with Gasteiger partial charge in [-0.3, -0.25) is 4.79 Å². The van der Waals surface area contributed by atoms with Crippen LogP contribution in [0.25, 0.3) is 0 Å². The number of carbonyl (C=O) groups excluding carboxylic acids is 2. The molecule has 2 aromatic carbocycles. The fourth-order valence-electron chi connectivity index (χ4n) is 2.30. The number of carbonyl (C=O) groups is 2. The van der Waals surface area contributed by atoms with Crippen LogP contribution in [-0.4, -0.2) is 25.6 Å². The van der Waals surface area contributed by atoms with E-state index in [0.29, 0.717) is 17.9 Å². The summed E-state index contributed by atoms with van der Waals surface area (Å²) in [6, 6.07) is 12.5. The van der Waals surface area contributed by atoms with Crippen molar-refractivity contribution in [3.8, 4) is 5.75 Å². The second-order valence-corrected chi connectivity index (χ2v) is 5.32. The van der Waals surface area contributed by atoms with Crippen LogP contribution in [0.3, 0.4) is 0 Å². The highest BCUT2D eigenvalue weighted by Gasteiger charge is 2.10. The molecule has 2 rings (SSSR count). The number of methoxy groups -OCH3 is 1. The zero-order valence-corrected chi connectivity index (χ0v) is 14.1. The molecule has 0 atom stereocenters. The summed E-state index contributed by atoms with van der Waals surface area (Å²) in [4.78, 5) is 23.7. The minimum Gasteiger partial charge on any atom is -0.494 e. The Hall–Kier alpha value is -2.82. The first-order valence-electron chi connectivity index (χ1n) is 7.74. The maximum absolute atomic E-state index is 12.2. The summed E-state index contributed by atoms with van der Waals surface area (Å²) < 4.78 is 10.1. The van der Waals surface area contributed by atoms with Gasteiger partial charge in [0.1, 0.15) is 5.75 Å². The zero-order chi connectivity index (χ0) is 17.5. The second kappa shape index (κ2) is 8.15. The molecular weight excluding hydrogens is 306 g/mol. The van der Waals surface area contributed by atoms with Crippen LogP contribution in [0.1, 0.15) is 28.4 Å². The van der Waals surface area contributed by atoms with Crippen molar-refractivity contribution in [2.75, 3.05) is 19.0 Å². The highest BCUT2D eigenvalue weighted by Crippen LogP contribution is 2.18. The van der Waals surface area contributed by atoms with E-state index in [-0.39, 0.29) is 12.3 Å². The first-order valence-corrected chi connectivity index (χ1v) is 7.74. The molecule has 0 radical (unpaired) electrons. The first-order chi connectivity index (χ1) is 11.5. The van der Waals surface area contributed by atoms with Crippen LogP contribution < -0.4 is 10.1 Å². The number of benzene rings is 2. The average Bonchev–Trinajstić information content (AvgIpc) is 2.58. The van der Waals surface area contributed by atoms with Crippen molar-refractivity contribution in [3.63, 3.8) is 0 Å². The number of ether oxygens (including phenoxy) is 2. The average molecular weight is 327 g/mol. The van der Waals surface area contributed by atoms with Gasteiger partial charge in [-0.2, -0.15) is 0 Å². The van der Waals surface area contributed by atoms with Gasteiger partial charge < -0.3 is 14.8 Å². The van der Waals surface area contributed by atoms with Gasteiger partial charge in [-0.05, 0) is 55.3 Å². The van der Waals surface area contributed by atoms with Gasteiger partial charge in [0.05, 0.1) is 25.7 Å². The van der Waals surface area contributed by atoms with E-state index in [1.165, 1.54) is 7.11 Å². The van der Waals surface area contributed by atoms with E-state index in [1.807, 2.05) is 38.1 Å². The number of hydrogen-bond acceptors (Lipinski definition) is 4. The molecule has 0 saturated heterocycles. The molecule has 0 aromatic heterocycles. The fraction of sp³-hybridized carbons (Fsp3) is 0.263. The Kier molecular flexibility index (Phi) is 5.95. The molecule has 0 spiro atoms. The van der Waals surface area contributed by atoms with Crippen molar-refractivity contribution in [1.82, 2.24) is 0 Å². The van der Waals surface area contributed by atoms with E-state index in [1.54, 1.807) is 18.2 Å². The maximum atomic E-state index is 12.2. The fourth-order valence-corrected chi connectivity index (χ4v) is 2.30. The SMILES string of the molecule is CCOc1ccc(CC(=O)Nc2ccc(C(=O)OC)cc2C)cc1. The molecule has 0 fully saturated rings. The van der Waals surface area contributed by atoms with E-state index in [2.05, 4.69) is 10.1 Å². The number of aryl methyl sites for hydroxylation is 1. The molecular formula is C19H21NO4. The largest absolute Gasteiger partial charge is 0.494 e. The second-order valence-electron chi connectivity index (χ2n) is 5.32. The summed E-state index contributed by atoms with van der Waals surface area (Å²) in [5, 5.41) is 2.86. The van der Waals surface area contributed by atoms with Gasteiger partial charge in [0.15, 0.2) is 0 Å². The van der Waals surface area contributed by atoms with Crippen LogP contribution in [0.4, 0.5) is 5.69 Å². The Morgan fingerprint density at radius 2 is 1.79 bits per heavy atom. The smallest absolute Gasteiger partial charge is 0.337 e. The van der Waals surface area contributed by atoms with Gasteiger partial charge in [-0.15, -0.1) is 0 Å². The minimum absolute atomic E-state index is 0.118. The maximum Gasteiger partial charge on any atom is 0.337 e. The van der Waals surface area contributed by atoms with Crippen molar-refractivity contribution in [2.24, 2.45) is 0 Å². The lowest BCUT2D eigenvalue weighted by atomic mass is 10.1. The summed E-state index contributed by atoms with van der Waals surface area (Å²) in [7, 11) is 1.34. The van der Waals surface area contributed by atoms with Crippen molar-refractivity contribution in [2.45, 2.75) is 20.3 Å². The Morgan fingerprint density at radius 1 is 1.08 bits per heavy atom. The van der Waals surface area contributed by atoms with Gasteiger partial charge in [-0.1, -0.05) is 12.1 Å². The Balaban J connectivity index is 2.00. The van der Waals surface area contributed by atoms with E-state index in [4.69, 9.17) is 4.74 Å². The molecule has 0 bridgehead atoms. The summed E-state index contributed by atoms with van der Waals surface area (Å²) in [6.45, 7) is 4.37. The topological polar surface area (TPSA) is 64.6 Å². The number of amides is 1. The number of esters is 1. The van der Waals surface area contributed by atoms with Crippen LogP contribution in [-0.2, 0) is 16.0 Å².